The number of fused-ring (bicyclic) bond motifs is 1. The van der Waals surface area contributed by atoms with Crippen LogP contribution in [0.1, 0.15) is 12.5 Å². The SMILES string of the molecule is CC(C(=O)O)N1CCN(c2ccc(OCc3cc(-c4ccccc4)nc4ccccc34)cc2)C1=O. The van der Waals surface area contributed by atoms with Gasteiger partial charge in [-0.05, 0) is 43.3 Å². The summed E-state index contributed by atoms with van der Waals surface area (Å²) in [5.41, 5.74) is 4.60. The summed E-state index contributed by atoms with van der Waals surface area (Å²) in [7, 11) is 0. The van der Waals surface area contributed by atoms with Crippen LogP contribution in [0.25, 0.3) is 22.2 Å². The second-order valence-corrected chi connectivity index (χ2v) is 8.47. The van der Waals surface area contributed by atoms with Gasteiger partial charge in [-0.3, -0.25) is 4.90 Å². The molecular formula is C28H25N3O4. The number of aliphatic carboxylic acids is 1. The molecule has 7 nitrogen and oxygen atoms in total. The number of rotatable bonds is 7. The molecule has 0 aliphatic carbocycles. The van der Waals surface area contributed by atoms with Crippen LogP contribution in [0.5, 0.6) is 5.75 Å². The molecule has 176 valence electrons. The number of benzene rings is 3. The monoisotopic (exact) mass is 467 g/mol. The van der Waals surface area contributed by atoms with Gasteiger partial charge >= 0.3 is 12.0 Å². The molecule has 1 atom stereocenters. The molecule has 1 unspecified atom stereocenters. The summed E-state index contributed by atoms with van der Waals surface area (Å²) >= 11 is 0. The van der Waals surface area contributed by atoms with Crippen LogP contribution < -0.4 is 9.64 Å². The Labute approximate surface area is 203 Å². The van der Waals surface area contributed by atoms with Gasteiger partial charge in [0.15, 0.2) is 0 Å². The van der Waals surface area contributed by atoms with Crippen molar-refractivity contribution in [1.29, 1.82) is 0 Å². The fourth-order valence-electron chi connectivity index (χ4n) is 4.29. The molecule has 0 bridgehead atoms. The third-order valence-electron chi connectivity index (χ3n) is 6.28. The van der Waals surface area contributed by atoms with Crippen LogP contribution in [-0.2, 0) is 11.4 Å². The largest absolute Gasteiger partial charge is 0.489 e. The van der Waals surface area contributed by atoms with Crippen molar-refractivity contribution in [1.82, 2.24) is 9.88 Å². The maximum Gasteiger partial charge on any atom is 0.326 e. The van der Waals surface area contributed by atoms with Gasteiger partial charge in [0.1, 0.15) is 18.4 Å². The summed E-state index contributed by atoms with van der Waals surface area (Å²) < 4.78 is 6.11. The van der Waals surface area contributed by atoms with E-state index in [9.17, 15) is 14.7 Å². The van der Waals surface area contributed by atoms with E-state index < -0.39 is 12.0 Å². The van der Waals surface area contributed by atoms with E-state index in [0.29, 0.717) is 31.1 Å². The molecule has 2 amide bonds. The summed E-state index contributed by atoms with van der Waals surface area (Å²) in [5, 5.41) is 10.3. The first kappa shape index (κ1) is 22.4. The Morgan fingerprint density at radius 2 is 1.71 bits per heavy atom. The van der Waals surface area contributed by atoms with Crippen molar-refractivity contribution >= 4 is 28.6 Å². The maximum atomic E-state index is 12.7. The van der Waals surface area contributed by atoms with E-state index in [1.54, 1.807) is 4.90 Å². The molecule has 3 aromatic carbocycles. The number of carboxylic acids is 1. The molecular weight excluding hydrogens is 442 g/mol. The Kier molecular flexibility index (Phi) is 6.06. The van der Waals surface area contributed by atoms with Gasteiger partial charge in [-0.2, -0.15) is 0 Å². The third-order valence-corrected chi connectivity index (χ3v) is 6.28. The molecule has 1 aliphatic rings. The van der Waals surface area contributed by atoms with E-state index in [1.807, 2.05) is 78.9 Å². The topological polar surface area (TPSA) is 83.0 Å². The average Bonchev–Trinajstić information content (AvgIpc) is 3.28. The number of hydrogen-bond acceptors (Lipinski definition) is 4. The summed E-state index contributed by atoms with van der Waals surface area (Å²) in [6.45, 7) is 2.72. The summed E-state index contributed by atoms with van der Waals surface area (Å²) in [6.07, 6.45) is 0. The van der Waals surface area contributed by atoms with Crippen molar-refractivity contribution in [3.05, 3.63) is 90.5 Å². The highest BCUT2D eigenvalue weighted by molar-refractivity contribution is 5.96. The minimum absolute atomic E-state index is 0.301. The van der Waals surface area contributed by atoms with Gasteiger partial charge in [-0.15, -0.1) is 0 Å². The van der Waals surface area contributed by atoms with Crippen LogP contribution >= 0.6 is 0 Å². The van der Waals surface area contributed by atoms with E-state index in [-0.39, 0.29) is 6.03 Å². The minimum Gasteiger partial charge on any atom is -0.489 e. The van der Waals surface area contributed by atoms with E-state index in [1.165, 1.54) is 11.8 Å². The highest BCUT2D eigenvalue weighted by Gasteiger charge is 2.35. The Morgan fingerprint density at radius 3 is 2.46 bits per heavy atom. The molecule has 7 heteroatoms. The molecule has 4 aromatic rings. The van der Waals surface area contributed by atoms with Crippen LogP contribution in [0.15, 0.2) is 84.9 Å². The quantitative estimate of drug-likeness (QED) is 0.404. The highest BCUT2D eigenvalue weighted by atomic mass is 16.5. The number of aromatic nitrogens is 1. The summed E-state index contributed by atoms with van der Waals surface area (Å²) in [4.78, 5) is 31.7. The lowest BCUT2D eigenvalue weighted by molar-refractivity contribution is -0.141. The molecule has 0 saturated carbocycles. The first-order chi connectivity index (χ1) is 17.0. The molecule has 2 heterocycles. The van der Waals surface area contributed by atoms with Gasteiger partial charge in [-0.1, -0.05) is 48.5 Å². The number of carbonyl (C=O) groups is 2. The predicted molar refractivity (Wildman–Crippen MR) is 134 cm³/mol. The zero-order valence-electron chi connectivity index (χ0n) is 19.3. The zero-order valence-corrected chi connectivity index (χ0v) is 19.3. The highest BCUT2D eigenvalue weighted by Crippen LogP contribution is 2.28. The minimum atomic E-state index is -1.01. The van der Waals surface area contributed by atoms with Crippen molar-refractivity contribution in [3.8, 4) is 17.0 Å². The number of nitrogens with zero attached hydrogens (tertiary/aromatic N) is 3. The average molecular weight is 468 g/mol. The fraction of sp³-hybridized carbons (Fsp3) is 0.179. The van der Waals surface area contributed by atoms with E-state index in [2.05, 4.69) is 6.07 Å². The number of hydrogen-bond donors (Lipinski definition) is 1. The number of urea groups is 1. The van der Waals surface area contributed by atoms with Crippen LogP contribution in [0.3, 0.4) is 0 Å². The van der Waals surface area contributed by atoms with Gasteiger partial charge in [0.2, 0.25) is 0 Å². The summed E-state index contributed by atoms with van der Waals surface area (Å²) in [5.74, 6) is -0.332. The summed E-state index contributed by atoms with van der Waals surface area (Å²) in [6, 6.07) is 26.3. The number of ether oxygens (including phenoxy) is 1. The van der Waals surface area contributed by atoms with E-state index >= 15 is 0 Å². The number of carbonyl (C=O) groups excluding carboxylic acids is 1. The molecule has 1 saturated heterocycles. The zero-order chi connectivity index (χ0) is 24.4. The lowest BCUT2D eigenvalue weighted by Gasteiger charge is -2.21. The van der Waals surface area contributed by atoms with Crippen LogP contribution in [0, 0.1) is 0 Å². The van der Waals surface area contributed by atoms with Crippen LogP contribution in [-0.4, -0.2) is 46.1 Å². The second kappa shape index (κ2) is 9.46. The van der Waals surface area contributed by atoms with Crippen LogP contribution in [0.2, 0.25) is 0 Å². The predicted octanol–water partition coefficient (Wildman–Crippen LogP) is 5.20. The normalized spacial score (nSPS) is 14.4. The molecule has 1 aromatic heterocycles. The lowest BCUT2D eigenvalue weighted by Crippen LogP contribution is -2.42. The molecule has 5 rings (SSSR count). The van der Waals surface area contributed by atoms with Crippen molar-refractivity contribution in [2.75, 3.05) is 18.0 Å². The number of para-hydroxylation sites is 1. The van der Waals surface area contributed by atoms with E-state index in [0.717, 1.165) is 27.7 Å². The molecule has 0 spiro atoms. The number of anilines is 1. The van der Waals surface area contributed by atoms with Crippen molar-refractivity contribution in [2.45, 2.75) is 19.6 Å². The Hall–Kier alpha value is -4.39. The first-order valence-electron chi connectivity index (χ1n) is 11.5. The van der Waals surface area contributed by atoms with Crippen LogP contribution in [0.4, 0.5) is 10.5 Å². The van der Waals surface area contributed by atoms with Crippen molar-refractivity contribution in [2.24, 2.45) is 0 Å². The van der Waals surface area contributed by atoms with Gasteiger partial charge in [-0.25, -0.2) is 14.6 Å². The first-order valence-corrected chi connectivity index (χ1v) is 11.5. The standard InChI is InChI=1S/C28H25N3O4/c1-19(27(32)33)30-15-16-31(28(30)34)22-11-13-23(14-12-22)35-18-21-17-26(20-7-3-2-4-8-20)29-25-10-6-5-9-24(21)25/h2-14,17,19H,15-16,18H2,1H3,(H,32,33). The smallest absolute Gasteiger partial charge is 0.326 e. The van der Waals surface area contributed by atoms with E-state index in [4.69, 9.17) is 9.72 Å². The third kappa shape index (κ3) is 4.53. The van der Waals surface area contributed by atoms with Gasteiger partial charge in [0, 0.05) is 35.3 Å². The molecule has 35 heavy (non-hydrogen) atoms. The molecule has 0 radical (unpaired) electrons. The Morgan fingerprint density at radius 1 is 1.00 bits per heavy atom. The Bertz CT molecular complexity index is 1370. The van der Waals surface area contributed by atoms with Gasteiger partial charge in [0.25, 0.3) is 0 Å². The Balaban J connectivity index is 1.33. The van der Waals surface area contributed by atoms with Crippen molar-refractivity contribution in [3.63, 3.8) is 0 Å². The molecule has 1 fully saturated rings. The molecule has 1 aliphatic heterocycles. The molecule has 1 N–H and O–H groups in total. The van der Waals surface area contributed by atoms with Gasteiger partial charge < -0.3 is 14.7 Å². The van der Waals surface area contributed by atoms with Crippen molar-refractivity contribution < 1.29 is 19.4 Å². The maximum absolute atomic E-state index is 12.7. The lowest BCUT2D eigenvalue weighted by atomic mass is 10.0. The number of carboxylic acid groups (broad SMARTS) is 1. The van der Waals surface area contributed by atoms with Gasteiger partial charge in [0.05, 0.1) is 11.2 Å². The number of amides is 2. The fourth-order valence-corrected chi connectivity index (χ4v) is 4.29. The second-order valence-electron chi connectivity index (χ2n) is 8.47. The number of pyridine rings is 1.